The largest absolute Gasteiger partial charge is 0.375 e. The fourth-order valence-corrected chi connectivity index (χ4v) is 7.08. The van der Waals surface area contributed by atoms with Gasteiger partial charge in [0, 0.05) is 39.8 Å². The molecule has 2 saturated heterocycles. The molecule has 2 fully saturated rings. The molecule has 0 saturated carbocycles. The highest BCUT2D eigenvalue weighted by Crippen LogP contribution is 2.44. The van der Waals surface area contributed by atoms with Gasteiger partial charge < -0.3 is 18.9 Å². The number of hydrogen-bond donors (Lipinski definition) is 0. The Bertz CT molecular complexity index is 1360. The highest BCUT2D eigenvalue weighted by atomic mass is 79.9. The second kappa shape index (κ2) is 11.1. The lowest BCUT2D eigenvalue weighted by Crippen LogP contribution is -2.59. The summed E-state index contributed by atoms with van der Waals surface area (Å²) >= 11 is 12.5. The fraction of sp³-hybridized carbons (Fsp3) is 0.333. The molecule has 6 atom stereocenters. The lowest BCUT2D eigenvalue weighted by Gasteiger charge is -2.48. The molecule has 0 aliphatic carbocycles. The molecule has 0 radical (unpaired) electrons. The van der Waals surface area contributed by atoms with Gasteiger partial charge in [-0.25, -0.2) is 9.67 Å². The molecule has 0 spiro atoms. The van der Waals surface area contributed by atoms with Crippen molar-refractivity contribution in [2.75, 3.05) is 13.7 Å². The van der Waals surface area contributed by atoms with Gasteiger partial charge in [0.25, 0.3) is 0 Å². The zero-order valence-electron chi connectivity index (χ0n) is 19.4. The first-order valence-electron chi connectivity index (χ1n) is 11.4. The summed E-state index contributed by atoms with van der Waals surface area (Å²) in [7, 11) is 1.67. The van der Waals surface area contributed by atoms with Crippen molar-refractivity contribution in [1.82, 2.24) is 25.0 Å². The monoisotopic (exact) mass is 621 g/mol. The molecular weight excluding hydrogens is 602 g/mol. The Morgan fingerprint density at radius 3 is 2.84 bits per heavy atom. The molecule has 0 N–H and O–H groups in total. The van der Waals surface area contributed by atoms with Crippen LogP contribution in [0.1, 0.15) is 17.9 Å². The number of hydrogen-bond acceptors (Lipinski definition) is 10. The number of benzene rings is 1. The lowest BCUT2D eigenvalue weighted by atomic mass is 9.96. The summed E-state index contributed by atoms with van der Waals surface area (Å²) in [5, 5.41) is 11.7. The maximum atomic E-state index is 6.53. The zero-order chi connectivity index (χ0) is 25.4. The van der Waals surface area contributed by atoms with E-state index in [1.807, 2.05) is 42.6 Å². The molecule has 13 heteroatoms. The van der Waals surface area contributed by atoms with Gasteiger partial charge in [0.05, 0.1) is 12.8 Å². The summed E-state index contributed by atoms with van der Waals surface area (Å²) in [5.41, 5.74) is 1.18. The van der Waals surface area contributed by atoms with E-state index in [4.69, 9.17) is 30.5 Å². The second-order valence-electron chi connectivity index (χ2n) is 8.43. The van der Waals surface area contributed by atoms with Crippen LogP contribution >= 0.6 is 50.6 Å². The maximum Gasteiger partial charge on any atom is 0.184 e. The normalized spacial score (nSPS) is 27.6. The second-order valence-corrected chi connectivity index (χ2v) is 11.8. The van der Waals surface area contributed by atoms with Crippen LogP contribution in [-0.2, 0) is 18.9 Å². The number of fused-ring (bicyclic) bond motifs is 1. The molecule has 4 aromatic rings. The summed E-state index contributed by atoms with van der Waals surface area (Å²) in [5.74, 6) is 0. The van der Waals surface area contributed by atoms with E-state index < -0.39 is 18.5 Å². The van der Waals surface area contributed by atoms with Crippen molar-refractivity contribution in [3.63, 3.8) is 0 Å². The molecular formula is C24H21BrClN5O4S2. The van der Waals surface area contributed by atoms with Crippen LogP contribution in [0.4, 0.5) is 0 Å². The predicted molar refractivity (Wildman–Crippen MR) is 142 cm³/mol. The van der Waals surface area contributed by atoms with Crippen molar-refractivity contribution in [2.24, 2.45) is 0 Å². The number of halogens is 2. The smallest absolute Gasteiger partial charge is 0.184 e. The lowest BCUT2D eigenvalue weighted by molar-refractivity contribution is -0.308. The molecule has 5 heterocycles. The van der Waals surface area contributed by atoms with Crippen LogP contribution < -0.4 is 0 Å². The number of pyridine rings is 1. The molecule has 6 unspecified atom stereocenters. The molecule has 192 valence electrons. The minimum Gasteiger partial charge on any atom is -0.375 e. The summed E-state index contributed by atoms with van der Waals surface area (Å²) in [6.45, 7) is 0.356. The van der Waals surface area contributed by atoms with Crippen LogP contribution in [0, 0.1) is 0 Å². The van der Waals surface area contributed by atoms with Crippen LogP contribution in [0.25, 0.3) is 10.7 Å². The van der Waals surface area contributed by atoms with E-state index in [9.17, 15) is 0 Å². The average Bonchev–Trinajstić information content (AvgIpc) is 3.57. The number of aromatic nitrogens is 5. The summed E-state index contributed by atoms with van der Waals surface area (Å²) in [6, 6.07) is 11.5. The van der Waals surface area contributed by atoms with Gasteiger partial charge in [-0.05, 0) is 22.0 Å². The van der Waals surface area contributed by atoms with Crippen molar-refractivity contribution in [3.05, 3.63) is 75.6 Å². The number of methoxy groups -OCH3 is 1. The van der Waals surface area contributed by atoms with Gasteiger partial charge >= 0.3 is 0 Å². The third kappa shape index (κ3) is 5.34. The Morgan fingerprint density at radius 2 is 2.08 bits per heavy atom. The van der Waals surface area contributed by atoms with Crippen LogP contribution in [-0.4, -0.2) is 62.4 Å². The Hall–Kier alpha value is -1.90. The summed E-state index contributed by atoms with van der Waals surface area (Å²) in [6.07, 6.45) is 3.68. The minimum absolute atomic E-state index is 0.351. The van der Waals surface area contributed by atoms with Gasteiger partial charge in [-0.3, -0.25) is 4.98 Å². The molecule has 1 aromatic carbocycles. The van der Waals surface area contributed by atoms with E-state index in [2.05, 4.69) is 36.2 Å². The number of rotatable bonds is 6. The van der Waals surface area contributed by atoms with E-state index in [1.165, 1.54) is 23.1 Å². The van der Waals surface area contributed by atoms with Crippen molar-refractivity contribution in [3.8, 4) is 10.7 Å². The van der Waals surface area contributed by atoms with E-state index in [0.29, 0.717) is 22.5 Å². The molecule has 37 heavy (non-hydrogen) atoms. The average molecular weight is 623 g/mol. The highest BCUT2D eigenvalue weighted by Gasteiger charge is 2.52. The Morgan fingerprint density at radius 1 is 1.22 bits per heavy atom. The first-order valence-corrected chi connectivity index (χ1v) is 14.3. The van der Waals surface area contributed by atoms with Crippen LogP contribution in [0.2, 0.25) is 5.15 Å². The van der Waals surface area contributed by atoms with E-state index in [0.717, 1.165) is 14.9 Å². The van der Waals surface area contributed by atoms with Gasteiger partial charge in [-0.1, -0.05) is 58.9 Å². The number of ether oxygens (including phenoxy) is 4. The number of nitrogens with zero attached hydrogens (tertiary/aromatic N) is 5. The molecule has 2 aliphatic heterocycles. The maximum absolute atomic E-state index is 6.53. The molecule has 0 amide bonds. The van der Waals surface area contributed by atoms with Crippen LogP contribution in [0.3, 0.4) is 0 Å². The Labute approximate surface area is 234 Å². The van der Waals surface area contributed by atoms with Crippen LogP contribution in [0.5, 0.6) is 0 Å². The Balaban J connectivity index is 1.35. The quantitative estimate of drug-likeness (QED) is 0.280. The van der Waals surface area contributed by atoms with Crippen LogP contribution in [0.15, 0.2) is 69.7 Å². The number of thiazole rings is 1. The summed E-state index contributed by atoms with van der Waals surface area (Å²) in [4.78, 5) is 9.56. The molecule has 2 aliphatic rings. The minimum atomic E-state index is -0.537. The highest BCUT2D eigenvalue weighted by molar-refractivity contribution is 9.10. The summed E-state index contributed by atoms with van der Waals surface area (Å²) < 4.78 is 27.9. The van der Waals surface area contributed by atoms with E-state index >= 15 is 0 Å². The first kappa shape index (κ1) is 25.4. The van der Waals surface area contributed by atoms with Gasteiger partial charge in [-0.2, -0.15) is 0 Å². The standard InChI is InChI=1S/C24H21BrClN5O4S2/c1-32-21-19(31-10-16(29-30-31)22-28-18(26)12-36-22)20-17(11-33-23(35-20)13-5-3-2-4-6-13)34-24(21)37-15-7-14(25)8-27-9-15/h2-10,12,17,19-21,23-24H,11H2,1H3. The van der Waals surface area contributed by atoms with Gasteiger partial charge in [-0.15, -0.1) is 16.4 Å². The predicted octanol–water partition coefficient (Wildman–Crippen LogP) is 5.40. The van der Waals surface area contributed by atoms with Crippen molar-refractivity contribution in [2.45, 2.75) is 41.0 Å². The van der Waals surface area contributed by atoms with E-state index in [1.54, 1.807) is 29.6 Å². The van der Waals surface area contributed by atoms with Crippen molar-refractivity contribution < 1.29 is 18.9 Å². The number of thioether (sulfide) groups is 1. The Kier molecular flexibility index (Phi) is 7.59. The molecule has 6 rings (SSSR count). The van der Waals surface area contributed by atoms with Gasteiger partial charge in [0.1, 0.15) is 45.6 Å². The zero-order valence-corrected chi connectivity index (χ0v) is 23.4. The molecule has 0 bridgehead atoms. The molecule has 9 nitrogen and oxygen atoms in total. The van der Waals surface area contributed by atoms with E-state index in [-0.39, 0.29) is 17.6 Å². The fourth-order valence-electron chi connectivity index (χ4n) is 4.48. The van der Waals surface area contributed by atoms with Crippen molar-refractivity contribution >= 4 is 50.6 Å². The topological polar surface area (TPSA) is 93.4 Å². The van der Waals surface area contributed by atoms with Gasteiger partial charge in [0.2, 0.25) is 0 Å². The van der Waals surface area contributed by atoms with Gasteiger partial charge in [0.15, 0.2) is 6.29 Å². The first-order chi connectivity index (χ1) is 18.1. The third-order valence-electron chi connectivity index (χ3n) is 6.10. The third-order valence-corrected chi connectivity index (χ3v) is 8.82. The SMILES string of the molecule is COC1C(Sc2cncc(Br)c2)OC2COC(c3ccccc3)OC2C1n1cc(-c2nc(Cl)cs2)nn1. The molecule has 3 aromatic heterocycles. The van der Waals surface area contributed by atoms with Crippen molar-refractivity contribution in [1.29, 1.82) is 0 Å².